The molecule has 0 fully saturated rings. The van der Waals surface area contributed by atoms with Crippen molar-refractivity contribution in [2.45, 2.75) is 13.0 Å². The molecule has 0 atom stereocenters. The van der Waals surface area contributed by atoms with E-state index in [-0.39, 0.29) is 5.82 Å². The largest absolute Gasteiger partial charge is 0.356 e. The van der Waals surface area contributed by atoms with Crippen LogP contribution in [0.4, 0.5) is 4.39 Å². The minimum absolute atomic E-state index is 0.248. The van der Waals surface area contributed by atoms with Crippen LogP contribution in [0.2, 0.25) is 5.02 Å². The van der Waals surface area contributed by atoms with Crippen molar-refractivity contribution in [2.24, 2.45) is 4.99 Å². The topological polar surface area (TPSA) is 66.5 Å². The Balaban J connectivity index is 1.52. The smallest absolute Gasteiger partial charge is 0.228 e. The highest BCUT2D eigenvalue weighted by atomic mass is 35.5. The van der Waals surface area contributed by atoms with Crippen molar-refractivity contribution in [3.05, 3.63) is 70.8 Å². The second-order valence-corrected chi connectivity index (χ2v) is 6.67. The monoisotopic (exact) mass is 401 g/mol. The Labute approximate surface area is 168 Å². The van der Waals surface area contributed by atoms with Crippen molar-refractivity contribution in [3.8, 4) is 11.4 Å². The number of rotatable bonds is 6. The van der Waals surface area contributed by atoms with Crippen LogP contribution in [0.3, 0.4) is 0 Å². The standard InChI is InChI=1S/C20H21ClFN5O/c1-23-20(27(2)13-14-4-3-5-17(22)12-14)24-11-10-18-25-19(26-28-18)15-6-8-16(21)9-7-15/h3-9,12H,10-11,13H2,1-2H3,(H,23,24). The van der Waals surface area contributed by atoms with Crippen LogP contribution in [-0.4, -0.2) is 41.6 Å². The molecular weight excluding hydrogens is 381 g/mol. The van der Waals surface area contributed by atoms with E-state index in [1.54, 1.807) is 25.2 Å². The van der Waals surface area contributed by atoms with Crippen LogP contribution in [0.15, 0.2) is 58.0 Å². The second kappa shape index (κ2) is 9.32. The van der Waals surface area contributed by atoms with E-state index < -0.39 is 0 Å². The van der Waals surface area contributed by atoms with E-state index in [0.29, 0.717) is 42.2 Å². The molecule has 0 aliphatic heterocycles. The van der Waals surface area contributed by atoms with Crippen molar-refractivity contribution in [1.82, 2.24) is 20.4 Å². The summed E-state index contributed by atoms with van der Waals surface area (Å²) in [6.07, 6.45) is 0.549. The third-order valence-electron chi connectivity index (χ3n) is 4.07. The van der Waals surface area contributed by atoms with Crippen LogP contribution in [0.5, 0.6) is 0 Å². The lowest BCUT2D eigenvalue weighted by Gasteiger charge is -2.22. The number of aliphatic imine (C=N–C) groups is 1. The van der Waals surface area contributed by atoms with E-state index in [2.05, 4.69) is 20.4 Å². The summed E-state index contributed by atoms with van der Waals surface area (Å²) >= 11 is 5.89. The van der Waals surface area contributed by atoms with Crippen LogP contribution < -0.4 is 5.32 Å². The number of hydrogen-bond acceptors (Lipinski definition) is 4. The van der Waals surface area contributed by atoms with E-state index in [1.807, 2.05) is 30.1 Å². The maximum Gasteiger partial charge on any atom is 0.228 e. The van der Waals surface area contributed by atoms with Crippen molar-refractivity contribution in [2.75, 3.05) is 20.6 Å². The average Bonchev–Trinajstić information content (AvgIpc) is 3.14. The molecule has 0 saturated heterocycles. The molecule has 0 radical (unpaired) electrons. The number of guanidine groups is 1. The van der Waals surface area contributed by atoms with Gasteiger partial charge in [0, 0.05) is 44.2 Å². The van der Waals surface area contributed by atoms with Gasteiger partial charge in [0.25, 0.3) is 0 Å². The van der Waals surface area contributed by atoms with Gasteiger partial charge in [0.05, 0.1) is 0 Å². The molecule has 1 N–H and O–H groups in total. The third kappa shape index (κ3) is 5.29. The Morgan fingerprint density at radius 3 is 2.75 bits per heavy atom. The number of aromatic nitrogens is 2. The minimum Gasteiger partial charge on any atom is -0.356 e. The molecule has 2 aromatic carbocycles. The highest BCUT2D eigenvalue weighted by Gasteiger charge is 2.10. The van der Waals surface area contributed by atoms with Crippen LogP contribution in [0.25, 0.3) is 11.4 Å². The molecule has 0 spiro atoms. The normalized spacial score (nSPS) is 11.5. The number of nitrogens with one attached hydrogen (secondary N) is 1. The van der Waals surface area contributed by atoms with E-state index >= 15 is 0 Å². The van der Waals surface area contributed by atoms with E-state index in [1.165, 1.54) is 12.1 Å². The van der Waals surface area contributed by atoms with E-state index in [4.69, 9.17) is 16.1 Å². The van der Waals surface area contributed by atoms with Crippen molar-refractivity contribution < 1.29 is 8.91 Å². The molecule has 0 aliphatic carbocycles. The molecule has 6 nitrogen and oxygen atoms in total. The van der Waals surface area contributed by atoms with Crippen molar-refractivity contribution in [3.63, 3.8) is 0 Å². The quantitative estimate of drug-likeness (QED) is 0.503. The number of benzene rings is 2. The summed E-state index contributed by atoms with van der Waals surface area (Å²) in [5, 5.41) is 7.90. The molecule has 0 unspecified atom stereocenters. The molecule has 3 rings (SSSR count). The third-order valence-corrected chi connectivity index (χ3v) is 4.33. The summed E-state index contributed by atoms with van der Waals surface area (Å²) in [5.74, 6) is 1.50. The molecule has 0 saturated carbocycles. The van der Waals surface area contributed by atoms with Crippen LogP contribution in [-0.2, 0) is 13.0 Å². The molecule has 8 heteroatoms. The summed E-state index contributed by atoms with van der Waals surface area (Å²) in [6.45, 7) is 1.11. The first-order chi connectivity index (χ1) is 13.5. The van der Waals surface area contributed by atoms with Gasteiger partial charge >= 0.3 is 0 Å². The average molecular weight is 402 g/mol. The maximum atomic E-state index is 13.3. The fourth-order valence-corrected chi connectivity index (χ4v) is 2.85. The predicted molar refractivity (Wildman–Crippen MR) is 108 cm³/mol. The summed E-state index contributed by atoms with van der Waals surface area (Å²) in [6, 6.07) is 13.8. The minimum atomic E-state index is -0.248. The Hall–Kier alpha value is -2.93. The predicted octanol–water partition coefficient (Wildman–Crippen LogP) is 3.78. The first-order valence-electron chi connectivity index (χ1n) is 8.80. The zero-order valence-corrected chi connectivity index (χ0v) is 16.4. The molecule has 0 bridgehead atoms. The Morgan fingerprint density at radius 1 is 1.25 bits per heavy atom. The lowest BCUT2D eigenvalue weighted by molar-refractivity contribution is 0.377. The summed E-state index contributed by atoms with van der Waals surface area (Å²) in [5.41, 5.74) is 1.72. The van der Waals surface area contributed by atoms with Gasteiger partial charge in [-0.3, -0.25) is 4.99 Å². The van der Waals surface area contributed by atoms with Crippen molar-refractivity contribution in [1.29, 1.82) is 0 Å². The highest BCUT2D eigenvalue weighted by Crippen LogP contribution is 2.18. The van der Waals surface area contributed by atoms with Crippen LogP contribution in [0, 0.1) is 5.82 Å². The molecule has 0 aliphatic rings. The Bertz CT molecular complexity index is 942. The molecule has 146 valence electrons. The lowest BCUT2D eigenvalue weighted by atomic mass is 10.2. The number of halogens is 2. The van der Waals surface area contributed by atoms with Gasteiger partial charge in [-0.25, -0.2) is 4.39 Å². The van der Waals surface area contributed by atoms with Gasteiger partial charge in [0.1, 0.15) is 5.82 Å². The highest BCUT2D eigenvalue weighted by molar-refractivity contribution is 6.30. The first-order valence-corrected chi connectivity index (χ1v) is 9.17. The summed E-state index contributed by atoms with van der Waals surface area (Å²) in [4.78, 5) is 10.6. The molecular formula is C20H21ClFN5O. The van der Waals surface area contributed by atoms with Gasteiger partial charge < -0.3 is 14.7 Å². The van der Waals surface area contributed by atoms with E-state index in [0.717, 1.165) is 11.1 Å². The fourth-order valence-electron chi connectivity index (χ4n) is 2.72. The van der Waals surface area contributed by atoms with Gasteiger partial charge in [-0.1, -0.05) is 28.9 Å². The zero-order valence-electron chi connectivity index (χ0n) is 15.7. The Morgan fingerprint density at radius 2 is 2.04 bits per heavy atom. The molecule has 1 heterocycles. The van der Waals surface area contributed by atoms with Gasteiger partial charge in [0.15, 0.2) is 5.96 Å². The molecule has 3 aromatic rings. The van der Waals surface area contributed by atoms with Gasteiger partial charge in [-0.15, -0.1) is 0 Å². The summed E-state index contributed by atoms with van der Waals surface area (Å²) < 4.78 is 18.6. The van der Waals surface area contributed by atoms with Gasteiger partial charge in [0.2, 0.25) is 11.7 Å². The lowest BCUT2D eigenvalue weighted by Crippen LogP contribution is -2.39. The van der Waals surface area contributed by atoms with Crippen LogP contribution >= 0.6 is 11.6 Å². The van der Waals surface area contributed by atoms with Crippen LogP contribution in [0.1, 0.15) is 11.5 Å². The first kappa shape index (κ1) is 19.8. The number of hydrogen-bond donors (Lipinski definition) is 1. The number of nitrogens with zero attached hydrogens (tertiary/aromatic N) is 4. The zero-order chi connectivity index (χ0) is 19.9. The second-order valence-electron chi connectivity index (χ2n) is 6.23. The molecule has 28 heavy (non-hydrogen) atoms. The summed E-state index contributed by atoms with van der Waals surface area (Å²) in [7, 11) is 3.60. The SMILES string of the molecule is CN=C(NCCc1nc(-c2ccc(Cl)cc2)no1)N(C)Cc1cccc(F)c1. The molecule has 1 aromatic heterocycles. The van der Waals surface area contributed by atoms with E-state index in [9.17, 15) is 4.39 Å². The van der Waals surface area contributed by atoms with Gasteiger partial charge in [-0.2, -0.15) is 4.98 Å². The van der Waals surface area contributed by atoms with Crippen molar-refractivity contribution >= 4 is 17.6 Å². The fraction of sp³-hybridized carbons (Fsp3) is 0.250. The van der Waals surface area contributed by atoms with Gasteiger partial charge in [-0.05, 0) is 42.0 Å². The molecule has 0 amide bonds. The maximum absolute atomic E-state index is 13.3. The Kier molecular flexibility index (Phi) is 6.60.